The Balaban J connectivity index is 1.74. The van der Waals surface area contributed by atoms with Crippen LogP contribution in [0.4, 0.5) is 18.9 Å². The van der Waals surface area contributed by atoms with Crippen molar-refractivity contribution in [3.63, 3.8) is 0 Å². The van der Waals surface area contributed by atoms with Crippen molar-refractivity contribution in [2.45, 2.75) is 38.0 Å². The molecular formula is C27H26F3N5O4. The van der Waals surface area contributed by atoms with Crippen molar-refractivity contribution < 1.29 is 32.1 Å². The van der Waals surface area contributed by atoms with E-state index in [0.717, 1.165) is 0 Å². The van der Waals surface area contributed by atoms with Gasteiger partial charge in [0.2, 0.25) is 18.0 Å². The fourth-order valence-electron chi connectivity index (χ4n) is 4.53. The van der Waals surface area contributed by atoms with Gasteiger partial charge in [-0.2, -0.15) is 13.2 Å². The van der Waals surface area contributed by atoms with Crippen LogP contribution in [0, 0.1) is 12.8 Å². The lowest BCUT2D eigenvalue weighted by Gasteiger charge is -2.26. The second-order valence-electron chi connectivity index (χ2n) is 9.17. The van der Waals surface area contributed by atoms with Gasteiger partial charge in [0.05, 0.1) is 28.9 Å². The van der Waals surface area contributed by atoms with Crippen LogP contribution in [0.2, 0.25) is 0 Å². The van der Waals surface area contributed by atoms with Gasteiger partial charge in [0.25, 0.3) is 5.91 Å². The van der Waals surface area contributed by atoms with Crippen LogP contribution in [0.1, 0.15) is 41.3 Å². The summed E-state index contributed by atoms with van der Waals surface area (Å²) in [6.07, 6.45) is -8.25. The van der Waals surface area contributed by atoms with E-state index in [0.29, 0.717) is 22.5 Å². The first kappa shape index (κ1) is 27.6. The number of anilines is 1. The molecule has 39 heavy (non-hydrogen) atoms. The Morgan fingerprint density at radius 3 is 2.41 bits per heavy atom. The van der Waals surface area contributed by atoms with Crippen LogP contribution >= 0.6 is 0 Å². The number of carbonyl (C=O) groups excluding carboxylic acids is 3. The number of alkyl halides is 3. The molecule has 3 N–H and O–H groups in total. The van der Waals surface area contributed by atoms with Crippen LogP contribution in [0.3, 0.4) is 0 Å². The molecule has 2 heterocycles. The number of primary amides is 1. The normalized spacial score (nSPS) is 17.1. The van der Waals surface area contributed by atoms with Gasteiger partial charge in [0.1, 0.15) is 5.76 Å². The standard InChI is InChI=1S/C27H26F3N5O4/c1-15-14-19(34-39-15)21(23(31)36)18(12-13-27(28,29)30)25(37)33-24-26(38)35(2)20-11-7-6-10-17(20)22(32-24)16-8-4-3-5-9-16/h3-11,14,18,21,24H,12-13H2,1-2H3,(H2,31,36)(H,33,37)/t18-,21-,24-/m1/s1. The van der Waals surface area contributed by atoms with E-state index in [1.807, 2.05) is 6.07 Å². The van der Waals surface area contributed by atoms with Gasteiger partial charge in [-0.05, 0) is 19.4 Å². The molecule has 2 aromatic carbocycles. The number of nitrogens with one attached hydrogen (secondary N) is 1. The molecule has 12 heteroatoms. The zero-order valence-corrected chi connectivity index (χ0v) is 21.1. The Hall–Kier alpha value is -4.48. The van der Waals surface area contributed by atoms with E-state index >= 15 is 0 Å². The van der Waals surface area contributed by atoms with Crippen molar-refractivity contribution in [3.05, 3.63) is 83.2 Å². The van der Waals surface area contributed by atoms with Crippen LogP contribution in [0.15, 0.2) is 70.2 Å². The van der Waals surface area contributed by atoms with Gasteiger partial charge in [0, 0.05) is 30.7 Å². The minimum atomic E-state index is -4.61. The van der Waals surface area contributed by atoms with E-state index in [9.17, 15) is 27.6 Å². The van der Waals surface area contributed by atoms with E-state index in [2.05, 4.69) is 15.5 Å². The Kier molecular flexibility index (Phi) is 7.84. The van der Waals surface area contributed by atoms with Gasteiger partial charge in [-0.15, -0.1) is 0 Å². The lowest BCUT2D eigenvalue weighted by atomic mass is 9.84. The highest BCUT2D eigenvalue weighted by molar-refractivity contribution is 6.20. The topological polar surface area (TPSA) is 131 Å². The molecule has 3 amide bonds. The average Bonchev–Trinajstić information content (AvgIpc) is 3.29. The number of aliphatic imine (C=N–C) groups is 1. The molecule has 3 atom stereocenters. The van der Waals surface area contributed by atoms with E-state index in [-0.39, 0.29) is 11.5 Å². The summed E-state index contributed by atoms with van der Waals surface area (Å²) in [5.41, 5.74) is 7.68. The SMILES string of the molecule is Cc1cc([C@H](C(N)=O)[C@@H](CCC(F)(F)F)C(=O)N[C@H]2N=C(c3ccccc3)c3ccccc3N(C)C2=O)no1. The van der Waals surface area contributed by atoms with Crippen molar-refractivity contribution >= 4 is 29.1 Å². The summed E-state index contributed by atoms with van der Waals surface area (Å²) in [5.74, 6) is -5.54. The van der Waals surface area contributed by atoms with Gasteiger partial charge in [-0.25, -0.2) is 4.99 Å². The lowest BCUT2D eigenvalue weighted by Crippen LogP contribution is -2.49. The molecule has 4 rings (SSSR count). The van der Waals surface area contributed by atoms with Crippen molar-refractivity contribution in [2.75, 3.05) is 11.9 Å². The Labute approximate surface area is 221 Å². The molecule has 1 aromatic heterocycles. The third-order valence-corrected chi connectivity index (χ3v) is 6.42. The third kappa shape index (κ3) is 6.16. The minimum Gasteiger partial charge on any atom is -0.369 e. The fraction of sp³-hybridized carbons (Fsp3) is 0.296. The highest BCUT2D eigenvalue weighted by Crippen LogP contribution is 2.33. The number of aromatic nitrogens is 1. The van der Waals surface area contributed by atoms with E-state index in [4.69, 9.17) is 10.3 Å². The van der Waals surface area contributed by atoms with Gasteiger partial charge >= 0.3 is 6.18 Å². The van der Waals surface area contributed by atoms with E-state index in [1.54, 1.807) is 48.5 Å². The number of amides is 3. The van der Waals surface area contributed by atoms with Gasteiger partial charge in [-0.3, -0.25) is 14.4 Å². The first-order valence-electron chi connectivity index (χ1n) is 12.1. The van der Waals surface area contributed by atoms with Crippen LogP contribution < -0.4 is 16.0 Å². The number of para-hydroxylation sites is 1. The number of hydrogen-bond donors (Lipinski definition) is 2. The number of nitrogens with two attached hydrogens (primary N) is 1. The maximum absolute atomic E-state index is 13.6. The summed E-state index contributed by atoms with van der Waals surface area (Å²) >= 11 is 0. The Morgan fingerprint density at radius 1 is 1.13 bits per heavy atom. The number of benzene rings is 2. The predicted octanol–water partition coefficient (Wildman–Crippen LogP) is 3.47. The van der Waals surface area contributed by atoms with Crippen LogP contribution in [0.25, 0.3) is 0 Å². The number of likely N-dealkylation sites (N-methyl/N-ethyl adjacent to an activating group) is 1. The van der Waals surface area contributed by atoms with Crippen LogP contribution in [0.5, 0.6) is 0 Å². The second-order valence-corrected chi connectivity index (χ2v) is 9.17. The summed E-state index contributed by atoms with van der Waals surface area (Å²) in [4.78, 5) is 45.3. The first-order valence-corrected chi connectivity index (χ1v) is 12.1. The summed E-state index contributed by atoms with van der Waals surface area (Å²) < 4.78 is 44.6. The van der Waals surface area contributed by atoms with E-state index < -0.39 is 54.7 Å². The first-order chi connectivity index (χ1) is 18.5. The zero-order valence-electron chi connectivity index (χ0n) is 21.1. The number of rotatable bonds is 8. The molecule has 1 aliphatic heterocycles. The summed E-state index contributed by atoms with van der Waals surface area (Å²) in [6, 6.07) is 17.3. The zero-order chi connectivity index (χ0) is 28.3. The van der Waals surface area contributed by atoms with Crippen molar-refractivity contribution in [1.82, 2.24) is 10.5 Å². The molecule has 0 bridgehead atoms. The molecule has 9 nitrogen and oxygen atoms in total. The molecular weight excluding hydrogens is 515 g/mol. The third-order valence-electron chi connectivity index (χ3n) is 6.42. The number of benzodiazepines with no additional fused rings is 1. The maximum Gasteiger partial charge on any atom is 0.389 e. The highest BCUT2D eigenvalue weighted by Gasteiger charge is 2.41. The van der Waals surface area contributed by atoms with Crippen molar-refractivity contribution in [3.8, 4) is 0 Å². The van der Waals surface area contributed by atoms with Crippen LogP contribution in [-0.2, 0) is 14.4 Å². The summed E-state index contributed by atoms with van der Waals surface area (Å²) in [7, 11) is 1.51. The molecule has 0 spiro atoms. The number of fused-ring (bicyclic) bond motifs is 1. The largest absolute Gasteiger partial charge is 0.389 e. The smallest absolute Gasteiger partial charge is 0.369 e. The Morgan fingerprint density at radius 2 is 1.79 bits per heavy atom. The molecule has 0 saturated carbocycles. The van der Waals surface area contributed by atoms with Gasteiger partial charge in [0.15, 0.2) is 0 Å². The second kappa shape index (κ2) is 11.1. The minimum absolute atomic E-state index is 0.0764. The fourth-order valence-corrected chi connectivity index (χ4v) is 4.53. The summed E-state index contributed by atoms with van der Waals surface area (Å²) in [5, 5.41) is 6.18. The highest BCUT2D eigenvalue weighted by atomic mass is 19.4. The number of hydrogen-bond acceptors (Lipinski definition) is 6. The molecule has 0 aliphatic carbocycles. The molecule has 1 aliphatic rings. The molecule has 0 fully saturated rings. The lowest BCUT2D eigenvalue weighted by molar-refractivity contribution is -0.144. The number of carbonyl (C=O) groups is 3. The quantitative estimate of drug-likeness (QED) is 0.451. The van der Waals surface area contributed by atoms with Gasteiger partial charge < -0.3 is 20.5 Å². The van der Waals surface area contributed by atoms with Crippen LogP contribution in [-0.4, -0.2) is 48.0 Å². The average molecular weight is 542 g/mol. The molecule has 3 aromatic rings. The van der Waals surface area contributed by atoms with E-state index in [1.165, 1.54) is 24.9 Å². The molecule has 0 unspecified atom stereocenters. The number of nitrogens with zero attached hydrogens (tertiary/aromatic N) is 3. The predicted molar refractivity (Wildman–Crippen MR) is 136 cm³/mol. The van der Waals surface area contributed by atoms with Crippen molar-refractivity contribution in [2.24, 2.45) is 16.6 Å². The van der Waals surface area contributed by atoms with Crippen molar-refractivity contribution in [1.29, 1.82) is 0 Å². The number of halogens is 3. The molecule has 204 valence electrons. The molecule has 0 saturated heterocycles. The Bertz CT molecular complexity index is 1400. The maximum atomic E-state index is 13.6. The molecule has 0 radical (unpaired) electrons. The monoisotopic (exact) mass is 541 g/mol. The number of aryl methyl sites for hydroxylation is 1. The van der Waals surface area contributed by atoms with Gasteiger partial charge in [-0.1, -0.05) is 53.7 Å². The summed E-state index contributed by atoms with van der Waals surface area (Å²) in [6.45, 7) is 1.52.